The van der Waals surface area contributed by atoms with Crippen molar-refractivity contribution < 1.29 is 14.3 Å². The van der Waals surface area contributed by atoms with E-state index >= 15 is 0 Å². The molecule has 0 fully saturated rings. The number of ether oxygens (including phenoxy) is 2. The van der Waals surface area contributed by atoms with Crippen LogP contribution >= 0.6 is 15.9 Å². The van der Waals surface area contributed by atoms with Crippen LogP contribution in [-0.2, 0) is 9.53 Å². The number of esters is 1. The molecular weight excluding hydrogens is 284 g/mol. The van der Waals surface area contributed by atoms with Crippen molar-refractivity contribution in [2.24, 2.45) is 5.41 Å². The summed E-state index contributed by atoms with van der Waals surface area (Å²) in [5.41, 5.74) is 0.383. The van der Waals surface area contributed by atoms with E-state index in [9.17, 15) is 4.79 Å². The zero-order valence-corrected chi connectivity index (χ0v) is 12.1. The van der Waals surface area contributed by atoms with Crippen molar-refractivity contribution in [3.8, 4) is 5.75 Å². The van der Waals surface area contributed by atoms with Crippen LogP contribution in [0.5, 0.6) is 5.75 Å². The Hall–Kier alpha value is -1.03. The number of benzene rings is 1. The Kier molecular flexibility index (Phi) is 4.57. The lowest BCUT2D eigenvalue weighted by molar-refractivity contribution is -0.152. The van der Waals surface area contributed by atoms with Gasteiger partial charge in [0.25, 0.3) is 0 Å². The monoisotopic (exact) mass is 300 g/mol. The molecule has 0 N–H and O–H groups in total. The molecule has 0 amide bonds. The molecule has 1 aromatic rings. The van der Waals surface area contributed by atoms with Crippen LogP contribution in [0.25, 0.3) is 0 Å². The fraction of sp³-hybridized carbons (Fsp3) is 0.462. The van der Waals surface area contributed by atoms with Crippen LogP contribution in [0.4, 0.5) is 0 Å². The van der Waals surface area contributed by atoms with Gasteiger partial charge in [0.05, 0.1) is 12.5 Å². The summed E-state index contributed by atoms with van der Waals surface area (Å²) in [5, 5.41) is 0. The van der Waals surface area contributed by atoms with Crippen molar-refractivity contribution in [3.63, 3.8) is 0 Å². The summed E-state index contributed by atoms with van der Waals surface area (Å²) in [7, 11) is 1.38. The second-order valence-corrected chi connectivity index (χ2v) is 5.49. The minimum Gasteiger partial charge on any atom is -0.492 e. The van der Waals surface area contributed by atoms with Crippen molar-refractivity contribution in [2.75, 3.05) is 13.7 Å². The minimum absolute atomic E-state index is 0.271. The van der Waals surface area contributed by atoms with E-state index in [4.69, 9.17) is 9.47 Å². The molecule has 0 unspecified atom stereocenters. The van der Waals surface area contributed by atoms with E-state index in [1.54, 1.807) is 13.8 Å². The molecule has 0 radical (unpaired) electrons. The third-order valence-corrected chi connectivity index (χ3v) is 2.96. The fourth-order valence-electron chi connectivity index (χ4n) is 1.37. The van der Waals surface area contributed by atoms with Crippen LogP contribution in [0.3, 0.4) is 0 Å². The molecule has 1 aromatic carbocycles. The second-order valence-electron chi connectivity index (χ2n) is 4.57. The van der Waals surface area contributed by atoms with Crippen LogP contribution in [0.15, 0.2) is 22.7 Å². The fourth-order valence-corrected chi connectivity index (χ4v) is 1.84. The highest BCUT2D eigenvalue weighted by Crippen LogP contribution is 2.25. The van der Waals surface area contributed by atoms with Gasteiger partial charge in [0.15, 0.2) is 0 Å². The Morgan fingerprint density at radius 1 is 1.41 bits per heavy atom. The quantitative estimate of drug-likeness (QED) is 0.800. The molecule has 0 aliphatic rings. The van der Waals surface area contributed by atoms with E-state index in [1.165, 1.54) is 7.11 Å². The van der Waals surface area contributed by atoms with Gasteiger partial charge in [-0.3, -0.25) is 4.79 Å². The third kappa shape index (κ3) is 3.73. The number of hydrogen-bond donors (Lipinski definition) is 0. The van der Waals surface area contributed by atoms with Gasteiger partial charge in [-0.25, -0.2) is 0 Å². The first-order chi connectivity index (χ1) is 7.86. The molecule has 4 heteroatoms. The number of rotatable bonds is 4. The Balaban J connectivity index is 2.70. The van der Waals surface area contributed by atoms with Gasteiger partial charge in [-0.15, -0.1) is 0 Å². The number of halogens is 1. The average molecular weight is 301 g/mol. The molecule has 0 atom stereocenters. The smallest absolute Gasteiger partial charge is 0.314 e. The molecule has 0 saturated heterocycles. The Labute approximate surface area is 110 Å². The van der Waals surface area contributed by atoms with E-state index in [1.807, 2.05) is 25.1 Å². The standard InChI is InChI=1S/C13H17BrO3/c1-9-7-10(14)5-6-11(9)17-8-13(2,3)12(15)16-4/h5-7H,8H2,1-4H3. The summed E-state index contributed by atoms with van der Waals surface area (Å²) in [5.74, 6) is 0.512. The van der Waals surface area contributed by atoms with Crippen LogP contribution in [-0.4, -0.2) is 19.7 Å². The van der Waals surface area contributed by atoms with Crippen molar-refractivity contribution in [2.45, 2.75) is 20.8 Å². The van der Waals surface area contributed by atoms with Gasteiger partial charge in [0.1, 0.15) is 12.4 Å². The van der Waals surface area contributed by atoms with Crippen LogP contribution in [0.1, 0.15) is 19.4 Å². The SMILES string of the molecule is COC(=O)C(C)(C)COc1ccc(Br)cc1C. The molecule has 17 heavy (non-hydrogen) atoms. The summed E-state index contributed by atoms with van der Waals surface area (Å²) < 4.78 is 11.4. The van der Waals surface area contributed by atoms with Gasteiger partial charge in [0, 0.05) is 4.47 Å². The Morgan fingerprint density at radius 3 is 2.59 bits per heavy atom. The van der Waals surface area contributed by atoms with Crippen LogP contribution in [0.2, 0.25) is 0 Å². The van der Waals surface area contributed by atoms with E-state index in [2.05, 4.69) is 15.9 Å². The van der Waals surface area contributed by atoms with Crippen molar-refractivity contribution in [1.29, 1.82) is 0 Å². The molecule has 0 heterocycles. The summed E-state index contributed by atoms with van der Waals surface area (Å²) in [4.78, 5) is 11.5. The van der Waals surface area contributed by atoms with Gasteiger partial charge in [-0.1, -0.05) is 15.9 Å². The van der Waals surface area contributed by atoms with Crippen LogP contribution in [0, 0.1) is 12.3 Å². The average Bonchev–Trinajstić information content (AvgIpc) is 2.26. The van der Waals surface area contributed by atoms with E-state index in [0.29, 0.717) is 6.61 Å². The van der Waals surface area contributed by atoms with Gasteiger partial charge < -0.3 is 9.47 Å². The lowest BCUT2D eigenvalue weighted by atomic mass is 9.95. The maximum Gasteiger partial charge on any atom is 0.314 e. The van der Waals surface area contributed by atoms with Crippen molar-refractivity contribution in [1.82, 2.24) is 0 Å². The van der Waals surface area contributed by atoms with E-state index in [-0.39, 0.29) is 5.97 Å². The number of aryl methyl sites for hydroxylation is 1. The molecule has 1 rings (SSSR count). The first kappa shape index (κ1) is 14.0. The second kappa shape index (κ2) is 5.54. The lowest BCUT2D eigenvalue weighted by Crippen LogP contribution is -2.32. The normalized spacial score (nSPS) is 11.1. The van der Waals surface area contributed by atoms with Crippen LogP contribution < -0.4 is 4.74 Å². The molecule has 3 nitrogen and oxygen atoms in total. The molecule has 0 aromatic heterocycles. The molecule has 0 bridgehead atoms. The number of hydrogen-bond acceptors (Lipinski definition) is 3. The zero-order chi connectivity index (χ0) is 13.1. The van der Waals surface area contributed by atoms with E-state index in [0.717, 1.165) is 15.8 Å². The van der Waals surface area contributed by atoms with Gasteiger partial charge in [0.2, 0.25) is 0 Å². The highest BCUT2D eigenvalue weighted by Gasteiger charge is 2.29. The number of carbonyl (C=O) groups excluding carboxylic acids is 1. The summed E-state index contributed by atoms with van der Waals surface area (Å²) in [6.45, 7) is 5.85. The maximum atomic E-state index is 11.5. The Morgan fingerprint density at radius 2 is 2.06 bits per heavy atom. The minimum atomic E-state index is -0.645. The summed E-state index contributed by atoms with van der Waals surface area (Å²) >= 11 is 3.39. The lowest BCUT2D eigenvalue weighted by Gasteiger charge is -2.22. The highest BCUT2D eigenvalue weighted by molar-refractivity contribution is 9.10. The highest BCUT2D eigenvalue weighted by atomic mass is 79.9. The van der Waals surface area contributed by atoms with Gasteiger partial charge in [-0.05, 0) is 44.5 Å². The predicted molar refractivity (Wildman–Crippen MR) is 70.2 cm³/mol. The first-order valence-corrected chi connectivity index (χ1v) is 6.13. The third-order valence-electron chi connectivity index (χ3n) is 2.46. The van der Waals surface area contributed by atoms with Gasteiger partial charge in [-0.2, -0.15) is 0 Å². The first-order valence-electron chi connectivity index (χ1n) is 5.34. The number of methoxy groups -OCH3 is 1. The molecule has 0 saturated carbocycles. The van der Waals surface area contributed by atoms with Crippen molar-refractivity contribution in [3.05, 3.63) is 28.2 Å². The van der Waals surface area contributed by atoms with Crippen molar-refractivity contribution >= 4 is 21.9 Å². The molecule has 0 spiro atoms. The summed E-state index contributed by atoms with van der Waals surface area (Å²) in [6.07, 6.45) is 0. The topological polar surface area (TPSA) is 35.5 Å². The van der Waals surface area contributed by atoms with Gasteiger partial charge >= 0.3 is 5.97 Å². The molecule has 0 aliphatic carbocycles. The Bertz CT molecular complexity index is 413. The number of carbonyl (C=O) groups is 1. The van der Waals surface area contributed by atoms with E-state index < -0.39 is 5.41 Å². The molecular formula is C13H17BrO3. The summed E-state index contributed by atoms with van der Waals surface area (Å²) in [6, 6.07) is 5.76. The largest absolute Gasteiger partial charge is 0.492 e. The zero-order valence-electron chi connectivity index (χ0n) is 10.5. The predicted octanol–water partition coefficient (Wildman–Crippen LogP) is 3.34. The maximum absolute atomic E-state index is 11.5. The molecule has 0 aliphatic heterocycles. The molecule has 94 valence electrons.